The molecule has 0 saturated heterocycles. The molecule has 1 aromatic carbocycles. The van der Waals surface area contributed by atoms with E-state index in [1.165, 1.54) is 12.1 Å². The Balaban J connectivity index is 2.15. The molecule has 21 heavy (non-hydrogen) atoms. The minimum absolute atomic E-state index is 0.241. The van der Waals surface area contributed by atoms with Gasteiger partial charge in [0.05, 0.1) is 16.7 Å². The van der Waals surface area contributed by atoms with Crippen molar-refractivity contribution >= 4 is 11.0 Å². The van der Waals surface area contributed by atoms with E-state index in [-0.39, 0.29) is 5.82 Å². The van der Waals surface area contributed by atoms with Gasteiger partial charge < -0.3 is 5.32 Å². The van der Waals surface area contributed by atoms with Crippen LogP contribution in [-0.4, -0.2) is 16.5 Å². The average molecular weight is 281 g/mol. The Labute approximate surface area is 122 Å². The molecule has 3 aromatic rings. The van der Waals surface area contributed by atoms with Gasteiger partial charge in [-0.2, -0.15) is 0 Å². The number of benzene rings is 1. The molecule has 0 amide bonds. The lowest BCUT2D eigenvalue weighted by molar-refractivity contribution is 0.628. The SMILES string of the molecule is CCNCc1cc2ncccc2nc1-c1ccc(F)cc1. The molecule has 0 radical (unpaired) electrons. The minimum Gasteiger partial charge on any atom is -0.313 e. The molecule has 0 aliphatic rings. The summed E-state index contributed by atoms with van der Waals surface area (Å²) < 4.78 is 13.1. The normalized spacial score (nSPS) is 11.0. The third kappa shape index (κ3) is 2.90. The summed E-state index contributed by atoms with van der Waals surface area (Å²) in [5.74, 6) is -0.241. The molecule has 0 fully saturated rings. The van der Waals surface area contributed by atoms with Gasteiger partial charge in [0.2, 0.25) is 0 Å². The van der Waals surface area contributed by atoms with Crippen molar-refractivity contribution in [2.75, 3.05) is 6.54 Å². The third-order valence-corrected chi connectivity index (χ3v) is 3.35. The molecule has 0 aliphatic carbocycles. The highest BCUT2D eigenvalue weighted by molar-refractivity contribution is 5.79. The molecule has 0 saturated carbocycles. The fraction of sp³-hybridized carbons (Fsp3) is 0.176. The second kappa shape index (κ2) is 5.97. The second-order valence-electron chi connectivity index (χ2n) is 4.82. The number of fused-ring (bicyclic) bond motifs is 1. The maximum atomic E-state index is 13.1. The van der Waals surface area contributed by atoms with Gasteiger partial charge in [0.1, 0.15) is 5.82 Å². The molecule has 3 nitrogen and oxygen atoms in total. The lowest BCUT2D eigenvalue weighted by Gasteiger charge is -2.11. The van der Waals surface area contributed by atoms with E-state index in [0.717, 1.165) is 34.4 Å². The van der Waals surface area contributed by atoms with Gasteiger partial charge in [0.15, 0.2) is 0 Å². The van der Waals surface area contributed by atoms with Crippen molar-refractivity contribution in [2.24, 2.45) is 0 Å². The standard InChI is InChI=1S/C17H16FN3/c1-2-19-11-13-10-16-15(4-3-9-20-16)21-17(13)12-5-7-14(18)8-6-12/h3-10,19H,2,11H2,1H3. The van der Waals surface area contributed by atoms with Crippen molar-refractivity contribution in [3.05, 3.63) is 60.0 Å². The van der Waals surface area contributed by atoms with E-state index in [9.17, 15) is 4.39 Å². The number of aromatic nitrogens is 2. The first-order valence-corrected chi connectivity index (χ1v) is 6.99. The maximum absolute atomic E-state index is 13.1. The molecule has 1 N–H and O–H groups in total. The zero-order valence-electron chi connectivity index (χ0n) is 11.8. The molecule has 0 aliphatic heterocycles. The predicted molar refractivity (Wildman–Crippen MR) is 82.3 cm³/mol. The van der Waals surface area contributed by atoms with Gasteiger partial charge in [-0.25, -0.2) is 9.37 Å². The fourth-order valence-electron chi connectivity index (χ4n) is 2.29. The van der Waals surface area contributed by atoms with E-state index >= 15 is 0 Å². The molecule has 4 heteroatoms. The molecule has 2 heterocycles. The van der Waals surface area contributed by atoms with Crippen LogP contribution in [0, 0.1) is 5.82 Å². The molecule has 2 aromatic heterocycles. The van der Waals surface area contributed by atoms with Gasteiger partial charge in [0, 0.05) is 18.3 Å². The lowest BCUT2D eigenvalue weighted by atomic mass is 10.0. The second-order valence-corrected chi connectivity index (χ2v) is 4.82. The van der Waals surface area contributed by atoms with Crippen LogP contribution in [0.1, 0.15) is 12.5 Å². The van der Waals surface area contributed by atoms with Gasteiger partial charge in [-0.1, -0.05) is 6.92 Å². The summed E-state index contributed by atoms with van der Waals surface area (Å²) in [6.07, 6.45) is 1.76. The Morgan fingerprint density at radius 3 is 2.67 bits per heavy atom. The Morgan fingerprint density at radius 1 is 1.10 bits per heavy atom. The lowest BCUT2D eigenvalue weighted by Crippen LogP contribution is -2.13. The van der Waals surface area contributed by atoms with E-state index in [0.29, 0.717) is 6.54 Å². The Kier molecular flexibility index (Phi) is 3.88. The number of hydrogen-bond donors (Lipinski definition) is 1. The number of rotatable bonds is 4. The van der Waals surface area contributed by atoms with Crippen LogP contribution in [0.5, 0.6) is 0 Å². The van der Waals surface area contributed by atoms with Crippen molar-refractivity contribution in [2.45, 2.75) is 13.5 Å². The molecular formula is C17H16FN3. The summed E-state index contributed by atoms with van der Waals surface area (Å²) in [5.41, 5.74) is 4.56. The van der Waals surface area contributed by atoms with Gasteiger partial charge in [-0.3, -0.25) is 4.98 Å². The minimum atomic E-state index is -0.241. The third-order valence-electron chi connectivity index (χ3n) is 3.35. The molecular weight excluding hydrogens is 265 g/mol. The zero-order chi connectivity index (χ0) is 14.7. The van der Waals surface area contributed by atoms with Crippen LogP contribution in [-0.2, 0) is 6.54 Å². The zero-order valence-corrected chi connectivity index (χ0v) is 11.8. The van der Waals surface area contributed by atoms with Crippen LogP contribution >= 0.6 is 0 Å². The Hall–Kier alpha value is -2.33. The molecule has 0 atom stereocenters. The van der Waals surface area contributed by atoms with E-state index in [4.69, 9.17) is 4.98 Å². The smallest absolute Gasteiger partial charge is 0.123 e. The summed E-state index contributed by atoms with van der Waals surface area (Å²) in [4.78, 5) is 9.05. The maximum Gasteiger partial charge on any atom is 0.123 e. The van der Waals surface area contributed by atoms with E-state index in [1.807, 2.05) is 18.2 Å². The fourth-order valence-corrected chi connectivity index (χ4v) is 2.29. The van der Waals surface area contributed by atoms with Gasteiger partial charge >= 0.3 is 0 Å². The van der Waals surface area contributed by atoms with Crippen molar-refractivity contribution in [3.8, 4) is 11.3 Å². The quantitative estimate of drug-likeness (QED) is 0.794. The number of hydrogen-bond acceptors (Lipinski definition) is 3. The monoisotopic (exact) mass is 281 g/mol. The van der Waals surface area contributed by atoms with Crippen LogP contribution in [0.15, 0.2) is 48.7 Å². The number of nitrogens with one attached hydrogen (secondary N) is 1. The summed E-state index contributed by atoms with van der Waals surface area (Å²) >= 11 is 0. The average Bonchev–Trinajstić information content (AvgIpc) is 2.53. The summed E-state index contributed by atoms with van der Waals surface area (Å²) in [7, 11) is 0. The van der Waals surface area contributed by atoms with Gasteiger partial charge in [-0.15, -0.1) is 0 Å². The number of nitrogens with zero attached hydrogens (tertiary/aromatic N) is 2. The largest absolute Gasteiger partial charge is 0.313 e. The van der Waals surface area contributed by atoms with Crippen molar-refractivity contribution < 1.29 is 4.39 Å². The van der Waals surface area contributed by atoms with Crippen LogP contribution in [0.3, 0.4) is 0 Å². The van der Waals surface area contributed by atoms with E-state index < -0.39 is 0 Å². The summed E-state index contributed by atoms with van der Waals surface area (Å²) in [6.45, 7) is 3.65. The van der Waals surface area contributed by atoms with Crippen LogP contribution in [0.4, 0.5) is 4.39 Å². The summed E-state index contributed by atoms with van der Waals surface area (Å²) in [5, 5.41) is 3.31. The highest BCUT2D eigenvalue weighted by Gasteiger charge is 2.09. The highest BCUT2D eigenvalue weighted by Crippen LogP contribution is 2.25. The van der Waals surface area contributed by atoms with E-state index in [1.54, 1.807) is 18.3 Å². The van der Waals surface area contributed by atoms with Crippen molar-refractivity contribution in [1.82, 2.24) is 15.3 Å². The van der Waals surface area contributed by atoms with Crippen LogP contribution < -0.4 is 5.32 Å². The molecule has 3 rings (SSSR count). The van der Waals surface area contributed by atoms with Crippen LogP contribution in [0.2, 0.25) is 0 Å². The van der Waals surface area contributed by atoms with Crippen LogP contribution in [0.25, 0.3) is 22.3 Å². The van der Waals surface area contributed by atoms with E-state index in [2.05, 4.69) is 17.2 Å². The number of pyridine rings is 2. The highest BCUT2D eigenvalue weighted by atomic mass is 19.1. The van der Waals surface area contributed by atoms with Gasteiger partial charge in [0.25, 0.3) is 0 Å². The topological polar surface area (TPSA) is 37.8 Å². The molecule has 0 spiro atoms. The molecule has 106 valence electrons. The Morgan fingerprint density at radius 2 is 1.90 bits per heavy atom. The molecule has 0 unspecified atom stereocenters. The van der Waals surface area contributed by atoms with Crippen molar-refractivity contribution in [3.63, 3.8) is 0 Å². The van der Waals surface area contributed by atoms with Gasteiger partial charge in [-0.05, 0) is 54.6 Å². The van der Waals surface area contributed by atoms with Crippen molar-refractivity contribution in [1.29, 1.82) is 0 Å². The summed E-state index contributed by atoms with van der Waals surface area (Å²) in [6, 6.07) is 12.3. The predicted octanol–water partition coefficient (Wildman–Crippen LogP) is 3.55. The Bertz CT molecular complexity index is 754. The first kappa shape index (κ1) is 13.6. The first-order chi connectivity index (χ1) is 10.3. The number of halogens is 1. The molecule has 0 bridgehead atoms. The first-order valence-electron chi connectivity index (χ1n) is 6.99.